The molecule has 0 aliphatic heterocycles. The fourth-order valence-electron chi connectivity index (χ4n) is 2.15. The number of hydrogen-bond donors (Lipinski definition) is 0. The molecule has 0 fully saturated rings. The molecule has 1 aromatic rings. The molecule has 0 atom stereocenters. The van der Waals surface area contributed by atoms with E-state index in [9.17, 15) is 0 Å². The van der Waals surface area contributed by atoms with E-state index < -0.39 is 8.80 Å². The van der Waals surface area contributed by atoms with Crippen molar-refractivity contribution in [2.24, 2.45) is 0 Å². The van der Waals surface area contributed by atoms with E-state index in [2.05, 4.69) is 84.2 Å². The van der Waals surface area contributed by atoms with Crippen LogP contribution in [0, 0.1) is 7.14 Å². The minimum atomic E-state index is -2.86. The van der Waals surface area contributed by atoms with Crippen molar-refractivity contribution < 1.29 is 13.3 Å². The second kappa shape index (κ2) is 13.0. The molecule has 138 valence electrons. The Hall–Kier alpha value is 0.777. The van der Waals surface area contributed by atoms with Crippen LogP contribution in [0.1, 0.15) is 59.3 Å². The molecule has 1 rings (SSSR count). The van der Waals surface area contributed by atoms with Crippen molar-refractivity contribution >= 4 is 59.2 Å². The van der Waals surface area contributed by atoms with E-state index in [0.717, 1.165) is 43.7 Å². The summed E-state index contributed by atoms with van der Waals surface area (Å²) in [5.74, 6) is 0. The van der Waals surface area contributed by atoms with Crippen molar-refractivity contribution in [3.63, 3.8) is 0 Å². The Labute approximate surface area is 175 Å². The SMILES string of the molecule is CCCCO[Si](OCCCC)(OCCCC)c1ccc(I)cc1I. The van der Waals surface area contributed by atoms with Crippen LogP contribution in [0.25, 0.3) is 0 Å². The van der Waals surface area contributed by atoms with Crippen LogP contribution in [0.4, 0.5) is 0 Å². The third-order valence-corrected chi connectivity index (χ3v) is 8.55. The maximum Gasteiger partial charge on any atom is 0.538 e. The van der Waals surface area contributed by atoms with Crippen molar-refractivity contribution in [1.82, 2.24) is 0 Å². The summed E-state index contributed by atoms with van der Waals surface area (Å²) in [7, 11) is -2.86. The van der Waals surface area contributed by atoms with Gasteiger partial charge in [-0.2, -0.15) is 0 Å². The molecule has 0 aliphatic carbocycles. The Morgan fingerprint density at radius 3 is 1.62 bits per heavy atom. The summed E-state index contributed by atoms with van der Waals surface area (Å²) in [5, 5.41) is 1.12. The highest BCUT2D eigenvalue weighted by atomic mass is 127. The Morgan fingerprint density at radius 1 is 0.792 bits per heavy atom. The van der Waals surface area contributed by atoms with Gasteiger partial charge in [0.1, 0.15) is 0 Å². The number of rotatable bonds is 13. The molecule has 0 heterocycles. The largest absolute Gasteiger partial charge is 0.538 e. The van der Waals surface area contributed by atoms with E-state index >= 15 is 0 Å². The highest BCUT2D eigenvalue weighted by Crippen LogP contribution is 2.19. The van der Waals surface area contributed by atoms with E-state index in [1.165, 1.54) is 7.14 Å². The van der Waals surface area contributed by atoms with Crippen molar-refractivity contribution in [2.75, 3.05) is 19.8 Å². The van der Waals surface area contributed by atoms with Crippen LogP contribution in [0.5, 0.6) is 0 Å². The Bertz CT molecular complexity index is 445. The standard InChI is InChI=1S/C18H30I2O3Si/c1-4-7-12-21-24(22-13-8-5-2,23-14-9-6-3)18-11-10-16(19)15-17(18)20/h10-11,15H,4-9,12-14H2,1-3H3. The quantitative estimate of drug-likeness (QED) is 0.177. The molecule has 24 heavy (non-hydrogen) atoms. The third kappa shape index (κ3) is 7.57. The first-order chi connectivity index (χ1) is 11.6. The second-order valence-electron chi connectivity index (χ2n) is 5.79. The van der Waals surface area contributed by atoms with E-state index in [0.29, 0.717) is 19.8 Å². The molecule has 0 spiro atoms. The molecule has 0 aliphatic rings. The zero-order valence-corrected chi connectivity index (χ0v) is 20.4. The van der Waals surface area contributed by atoms with E-state index in [1.54, 1.807) is 0 Å². The molecule has 0 N–H and O–H groups in total. The molecule has 1 aromatic carbocycles. The number of benzene rings is 1. The van der Waals surface area contributed by atoms with Gasteiger partial charge < -0.3 is 13.3 Å². The minimum absolute atomic E-state index is 0.697. The summed E-state index contributed by atoms with van der Waals surface area (Å²) >= 11 is 4.73. The van der Waals surface area contributed by atoms with Gasteiger partial charge in [-0.1, -0.05) is 46.1 Å². The zero-order chi connectivity index (χ0) is 17.8. The van der Waals surface area contributed by atoms with Gasteiger partial charge in [0, 0.05) is 32.1 Å². The lowest BCUT2D eigenvalue weighted by Gasteiger charge is -2.31. The average molecular weight is 576 g/mol. The molecule has 0 radical (unpaired) electrons. The Balaban J connectivity index is 3.09. The maximum atomic E-state index is 6.36. The van der Waals surface area contributed by atoms with Gasteiger partial charge in [0.2, 0.25) is 0 Å². The summed E-state index contributed by atoms with van der Waals surface area (Å²) in [4.78, 5) is 0. The molecular weight excluding hydrogens is 546 g/mol. The first-order valence-electron chi connectivity index (χ1n) is 8.97. The maximum absolute atomic E-state index is 6.36. The number of hydrogen-bond acceptors (Lipinski definition) is 3. The first-order valence-corrected chi connectivity index (χ1v) is 12.8. The summed E-state index contributed by atoms with van der Waals surface area (Å²) in [6, 6.07) is 6.43. The summed E-state index contributed by atoms with van der Waals surface area (Å²) in [6.07, 6.45) is 6.42. The third-order valence-electron chi connectivity index (χ3n) is 3.63. The first kappa shape index (κ1) is 22.8. The lowest BCUT2D eigenvalue weighted by molar-refractivity contribution is 0.0699. The van der Waals surface area contributed by atoms with E-state index in [4.69, 9.17) is 13.3 Å². The molecule has 6 heteroatoms. The molecule has 0 saturated carbocycles. The second-order valence-corrected chi connectivity index (χ2v) is 10.7. The van der Waals surface area contributed by atoms with E-state index in [1.807, 2.05) is 0 Å². The smallest absolute Gasteiger partial charge is 0.370 e. The van der Waals surface area contributed by atoms with Crippen molar-refractivity contribution in [3.05, 3.63) is 25.3 Å². The Kier molecular flexibility index (Phi) is 12.4. The minimum Gasteiger partial charge on any atom is -0.370 e. The van der Waals surface area contributed by atoms with Gasteiger partial charge in [-0.15, -0.1) is 0 Å². The van der Waals surface area contributed by atoms with Crippen LogP contribution in [-0.2, 0) is 13.3 Å². The molecule has 0 saturated heterocycles. The number of halogens is 2. The van der Waals surface area contributed by atoms with Crippen molar-refractivity contribution in [3.8, 4) is 0 Å². The van der Waals surface area contributed by atoms with Crippen molar-refractivity contribution in [1.29, 1.82) is 0 Å². The van der Waals surface area contributed by atoms with Crippen LogP contribution in [0.2, 0.25) is 0 Å². The predicted octanol–water partition coefficient (Wildman–Crippen LogP) is 5.49. The summed E-state index contributed by atoms with van der Waals surface area (Å²) in [5.41, 5.74) is 0. The molecule has 0 aromatic heterocycles. The fourth-order valence-corrected chi connectivity index (χ4v) is 7.35. The van der Waals surface area contributed by atoms with Crippen LogP contribution >= 0.6 is 45.2 Å². The summed E-state index contributed by atoms with van der Waals surface area (Å²) in [6.45, 7) is 8.63. The average Bonchev–Trinajstić information content (AvgIpc) is 2.55. The van der Waals surface area contributed by atoms with Gasteiger partial charge >= 0.3 is 8.80 Å². The topological polar surface area (TPSA) is 27.7 Å². The van der Waals surface area contributed by atoms with Gasteiger partial charge in [-0.25, -0.2) is 0 Å². The highest BCUT2D eigenvalue weighted by molar-refractivity contribution is 14.1. The van der Waals surface area contributed by atoms with Gasteiger partial charge in [0.05, 0.1) is 0 Å². The molecule has 0 amide bonds. The van der Waals surface area contributed by atoms with Gasteiger partial charge in [0.15, 0.2) is 0 Å². The number of unbranched alkanes of at least 4 members (excludes halogenated alkanes) is 3. The molecular formula is C18H30I2O3Si. The van der Waals surface area contributed by atoms with Crippen LogP contribution in [-0.4, -0.2) is 28.6 Å². The Morgan fingerprint density at radius 2 is 1.25 bits per heavy atom. The monoisotopic (exact) mass is 576 g/mol. The predicted molar refractivity (Wildman–Crippen MR) is 120 cm³/mol. The van der Waals surface area contributed by atoms with Crippen molar-refractivity contribution in [2.45, 2.75) is 59.3 Å². The van der Waals surface area contributed by atoms with Gasteiger partial charge in [0.25, 0.3) is 0 Å². The molecule has 0 unspecified atom stereocenters. The lowest BCUT2D eigenvalue weighted by atomic mass is 10.4. The van der Waals surface area contributed by atoms with Gasteiger partial charge in [-0.3, -0.25) is 0 Å². The normalized spacial score (nSPS) is 11.9. The van der Waals surface area contributed by atoms with Gasteiger partial charge in [-0.05, 0) is 76.6 Å². The molecule has 3 nitrogen and oxygen atoms in total. The highest BCUT2D eigenvalue weighted by Gasteiger charge is 2.45. The van der Waals surface area contributed by atoms with Crippen LogP contribution in [0.15, 0.2) is 18.2 Å². The van der Waals surface area contributed by atoms with E-state index in [-0.39, 0.29) is 0 Å². The fraction of sp³-hybridized carbons (Fsp3) is 0.667. The van der Waals surface area contributed by atoms with Crippen LogP contribution < -0.4 is 5.19 Å². The van der Waals surface area contributed by atoms with Crippen LogP contribution in [0.3, 0.4) is 0 Å². The summed E-state index contributed by atoms with van der Waals surface area (Å²) < 4.78 is 21.5. The molecule has 0 bridgehead atoms. The lowest BCUT2D eigenvalue weighted by Crippen LogP contribution is -2.58. The zero-order valence-electron chi connectivity index (χ0n) is 15.1.